The van der Waals surface area contributed by atoms with Crippen molar-refractivity contribution in [2.45, 2.75) is 13.3 Å². The molecule has 0 fully saturated rings. The molecule has 2 rings (SSSR count). The third kappa shape index (κ3) is 1.19. The van der Waals surface area contributed by atoms with Crippen LogP contribution in [0.5, 0.6) is 0 Å². The summed E-state index contributed by atoms with van der Waals surface area (Å²) in [6.45, 7) is 1.92. The van der Waals surface area contributed by atoms with E-state index in [1.807, 2.05) is 19.1 Å². The van der Waals surface area contributed by atoms with Gasteiger partial charge in [0.2, 0.25) is 0 Å². The monoisotopic (exact) mass is 205 g/mol. The Labute approximate surface area is 85.4 Å². The van der Waals surface area contributed by atoms with Crippen LogP contribution in [-0.2, 0) is 6.42 Å². The average Bonchev–Trinajstić information content (AvgIpc) is 2.55. The highest BCUT2D eigenvalue weighted by atomic mass is 32.1. The average molecular weight is 205 g/mol. The van der Waals surface area contributed by atoms with Crippen LogP contribution in [0.3, 0.4) is 0 Å². The standard InChI is InChI=1S/C11H8FNS/c1-2-8-11(12)10-7(6-13)4-3-5-9(10)14-8/h3-5H,2H2,1H3. The predicted octanol–water partition coefficient (Wildman–Crippen LogP) is 3.47. The molecule has 0 atom stereocenters. The van der Waals surface area contributed by atoms with Crippen LogP contribution in [0, 0.1) is 17.1 Å². The van der Waals surface area contributed by atoms with Crippen LogP contribution >= 0.6 is 11.3 Å². The fourth-order valence-electron chi connectivity index (χ4n) is 1.48. The van der Waals surface area contributed by atoms with Crippen molar-refractivity contribution >= 4 is 21.4 Å². The van der Waals surface area contributed by atoms with Gasteiger partial charge in [0.05, 0.1) is 11.6 Å². The summed E-state index contributed by atoms with van der Waals surface area (Å²) in [5, 5.41) is 9.31. The van der Waals surface area contributed by atoms with Gasteiger partial charge in [-0.25, -0.2) is 4.39 Å². The number of aryl methyl sites for hydroxylation is 1. The first-order chi connectivity index (χ1) is 6.77. The van der Waals surface area contributed by atoms with Gasteiger partial charge in [0.15, 0.2) is 0 Å². The Balaban J connectivity index is 2.87. The third-order valence-electron chi connectivity index (χ3n) is 2.17. The van der Waals surface area contributed by atoms with E-state index in [4.69, 9.17) is 5.26 Å². The van der Waals surface area contributed by atoms with Gasteiger partial charge in [-0.1, -0.05) is 13.0 Å². The van der Waals surface area contributed by atoms with Crippen LogP contribution in [0.25, 0.3) is 10.1 Å². The third-order valence-corrected chi connectivity index (χ3v) is 3.44. The van der Waals surface area contributed by atoms with Crippen molar-refractivity contribution in [3.8, 4) is 6.07 Å². The lowest BCUT2D eigenvalue weighted by Gasteiger charge is -1.92. The number of rotatable bonds is 1. The van der Waals surface area contributed by atoms with Gasteiger partial charge < -0.3 is 0 Å². The van der Waals surface area contributed by atoms with Crippen LogP contribution < -0.4 is 0 Å². The zero-order chi connectivity index (χ0) is 10.1. The second-order valence-electron chi connectivity index (χ2n) is 2.98. The molecule has 14 heavy (non-hydrogen) atoms. The predicted molar refractivity (Wildman–Crippen MR) is 55.9 cm³/mol. The van der Waals surface area contributed by atoms with E-state index in [1.54, 1.807) is 12.1 Å². The number of hydrogen-bond donors (Lipinski definition) is 0. The van der Waals surface area contributed by atoms with Crippen LogP contribution in [0.1, 0.15) is 17.4 Å². The summed E-state index contributed by atoms with van der Waals surface area (Å²) in [7, 11) is 0. The minimum atomic E-state index is -0.218. The molecule has 0 unspecified atom stereocenters. The Hall–Kier alpha value is -1.40. The fraction of sp³-hybridized carbons (Fsp3) is 0.182. The molecule has 1 heterocycles. The molecule has 0 aliphatic rings. The minimum Gasteiger partial charge on any atom is -0.205 e. The Morgan fingerprint density at radius 2 is 2.29 bits per heavy atom. The maximum atomic E-state index is 13.7. The second-order valence-corrected chi connectivity index (χ2v) is 4.12. The number of nitriles is 1. The van der Waals surface area contributed by atoms with Crippen molar-refractivity contribution in [2.75, 3.05) is 0 Å². The first kappa shape index (κ1) is 9.17. The molecule has 0 amide bonds. The van der Waals surface area contributed by atoms with Gasteiger partial charge >= 0.3 is 0 Å². The molecule has 0 saturated heterocycles. The van der Waals surface area contributed by atoms with Gasteiger partial charge in [-0.2, -0.15) is 5.26 Å². The van der Waals surface area contributed by atoms with Crippen molar-refractivity contribution < 1.29 is 4.39 Å². The number of nitrogens with zero attached hydrogens (tertiary/aromatic N) is 1. The zero-order valence-electron chi connectivity index (χ0n) is 7.67. The minimum absolute atomic E-state index is 0.218. The lowest BCUT2D eigenvalue weighted by Crippen LogP contribution is -1.81. The summed E-state index contributed by atoms with van der Waals surface area (Å²) < 4.78 is 14.6. The second kappa shape index (κ2) is 3.39. The summed E-state index contributed by atoms with van der Waals surface area (Å²) >= 11 is 1.43. The molecule has 0 radical (unpaired) electrons. The molecule has 70 valence electrons. The van der Waals surface area contributed by atoms with Crippen LogP contribution in [0.2, 0.25) is 0 Å². The molecule has 1 aromatic heterocycles. The molecule has 0 saturated carbocycles. The van der Waals surface area contributed by atoms with E-state index in [0.717, 1.165) is 9.58 Å². The number of fused-ring (bicyclic) bond motifs is 1. The van der Waals surface area contributed by atoms with E-state index in [-0.39, 0.29) is 5.82 Å². The lowest BCUT2D eigenvalue weighted by molar-refractivity contribution is 0.631. The Morgan fingerprint density at radius 3 is 2.93 bits per heavy atom. The van der Waals surface area contributed by atoms with E-state index < -0.39 is 0 Å². The zero-order valence-corrected chi connectivity index (χ0v) is 8.49. The molecule has 0 aliphatic heterocycles. The van der Waals surface area contributed by atoms with Crippen molar-refractivity contribution in [1.82, 2.24) is 0 Å². The van der Waals surface area contributed by atoms with Crippen molar-refractivity contribution in [2.24, 2.45) is 0 Å². The van der Waals surface area contributed by atoms with E-state index >= 15 is 0 Å². The lowest BCUT2D eigenvalue weighted by atomic mass is 10.1. The van der Waals surface area contributed by atoms with Gasteiger partial charge in [0.25, 0.3) is 0 Å². The van der Waals surface area contributed by atoms with Crippen molar-refractivity contribution in [3.63, 3.8) is 0 Å². The normalized spacial score (nSPS) is 10.4. The van der Waals surface area contributed by atoms with Crippen LogP contribution in [0.15, 0.2) is 18.2 Å². The summed E-state index contributed by atoms with van der Waals surface area (Å²) in [6, 6.07) is 7.30. The Bertz CT molecular complexity index is 522. The fourth-order valence-corrected chi connectivity index (χ4v) is 2.53. The highest BCUT2D eigenvalue weighted by molar-refractivity contribution is 7.19. The van der Waals surface area contributed by atoms with Crippen molar-refractivity contribution in [1.29, 1.82) is 5.26 Å². The van der Waals surface area contributed by atoms with E-state index in [0.29, 0.717) is 17.4 Å². The molecule has 0 aliphatic carbocycles. The molecule has 3 heteroatoms. The number of hydrogen-bond acceptors (Lipinski definition) is 2. The van der Waals surface area contributed by atoms with Crippen LogP contribution in [-0.4, -0.2) is 0 Å². The maximum absolute atomic E-state index is 13.7. The Morgan fingerprint density at radius 1 is 1.50 bits per heavy atom. The van der Waals surface area contributed by atoms with Gasteiger partial charge in [-0.3, -0.25) is 0 Å². The molecule has 0 spiro atoms. The number of thiophene rings is 1. The van der Waals surface area contributed by atoms with Gasteiger partial charge in [0, 0.05) is 15.0 Å². The quantitative estimate of drug-likeness (QED) is 0.699. The molecule has 2 aromatic rings. The summed E-state index contributed by atoms with van der Waals surface area (Å²) in [5.41, 5.74) is 0.427. The molecule has 0 bridgehead atoms. The summed E-state index contributed by atoms with van der Waals surface area (Å²) in [5.74, 6) is -0.218. The first-order valence-electron chi connectivity index (χ1n) is 4.38. The van der Waals surface area contributed by atoms with Gasteiger partial charge in [0.1, 0.15) is 5.82 Å². The largest absolute Gasteiger partial charge is 0.205 e. The van der Waals surface area contributed by atoms with E-state index in [2.05, 4.69) is 0 Å². The van der Waals surface area contributed by atoms with E-state index in [1.165, 1.54) is 11.3 Å². The van der Waals surface area contributed by atoms with Crippen molar-refractivity contribution in [3.05, 3.63) is 34.5 Å². The highest BCUT2D eigenvalue weighted by Gasteiger charge is 2.13. The summed E-state index contributed by atoms with van der Waals surface area (Å²) in [6.07, 6.45) is 0.677. The molecule has 1 nitrogen and oxygen atoms in total. The summed E-state index contributed by atoms with van der Waals surface area (Å²) in [4.78, 5) is 0.725. The SMILES string of the molecule is CCc1sc2cccc(C#N)c2c1F. The Kier molecular flexibility index (Phi) is 2.22. The van der Waals surface area contributed by atoms with Crippen LogP contribution in [0.4, 0.5) is 4.39 Å². The molecule has 0 N–H and O–H groups in total. The number of benzene rings is 1. The first-order valence-corrected chi connectivity index (χ1v) is 5.19. The molecular formula is C11H8FNS. The van der Waals surface area contributed by atoms with E-state index in [9.17, 15) is 4.39 Å². The smallest absolute Gasteiger partial charge is 0.146 e. The van der Waals surface area contributed by atoms with Gasteiger partial charge in [-0.15, -0.1) is 11.3 Å². The highest BCUT2D eigenvalue weighted by Crippen LogP contribution is 2.32. The molecular weight excluding hydrogens is 197 g/mol. The maximum Gasteiger partial charge on any atom is 0.146 e. The van der Waals surface area contributed by atoms with Gasteiger partial charge in [-0.05, 0) is 18.6 Å². The topological polar surface area (TPSA) is 23.8 Å². The molecule has 1 aromatic carbocycles. The number of halogens is 1.